The van der Waals surface area contributed by atoms with Gasteiger partial charge in [-0.25, -0.2) is 0 Å². The van der Waals surface area contributed by atoms with Crippen molar-refractivity contribution >= 4 is 40.4 Å². The van der Waals surface area contributed by atoms with Gasteiger partial charge in [-0.1, -0.05) is 69.5 Å². The third-order valence-electron chi connectivity index (χ3n) is 5.44. The van der Waals surface area contributed by atoms with E-state index in [9.17, 15) is 0 Å². The molecule has 0 saturated carbocycles. The molecular formula is C25H25N. The van der Waals surface area contributed by atoms with Gasteiger partial charge in [-0.15, -0.1) is 0 Å². The number of allylic oxidation sites excluding steroid dienone is 3. The van der Waals surface area contributed by atoms with E-state index in [-0.39, 0.29) is 5.41 Å². The van der Waals surface area contributed by atoms with E-state index in [2.05, 4.69) is 93.9 Å². The molecule has 1 N–H and O–H groups in total. The molecule has 3 aromatic carbocycles. The zero-order valence-electron chi connectivity index (χ0n) is 15.8. The molecule has 1 aliphatic carbocycles. The fourth-order valence-corrected chi connectivity index (χ4v) is 3.86. The minimum absolute atomic E-state index is 0.231. The van der Waals surface area contributed by atoms with E-state index in [0.29, 0.717) is 0 Å². The van der Waals surface area contributed by atoms with Crippen molar-refractivity contribution in [2.75, 3.05) is 5.32 Å². The van der Waals surface area contributed by atoms with Gasteiger partial charge in [-0.05, 0) is 63.1 Å². The van der Waals surface area contributed by atoms with Gasteiger partial charge >= 0.3 is 0 Å². The fraction of sp³-hybridized carbons (Fsp3) is 0.200. The van der Waals surface area contributed by atoms with Crippen LogP contribution < -0.4 is 15.8 Å². The molecule has 0 bridgehead atoms. The normalized spacial score (nSPS) is 16.0. The molecule has 0 aromatic heterocycles. The first-order valence-electron chi connectivity index (χ1n) is 9.16. The first-order valence-corrected chi connectivity index (χ1v) is 9.16. The molecule has 0 aliphatic heterocycles. The van der Waals surface area contributed by atoms with Gasteiger partial charge in [0, 0.05) is 16.8 Å². The Bertz CT molecular complexity index is 1190. The third kappa shape index (κ3) is 2.64. The van der Waals surface area contributed by atoms with Crippen molar-refractivity contribution in [2.45, 2.75) is 27.2 Å². The Balaban J connectivity index is 1.96. The quantitative estimate of drug-likeness (QED) is 0.616. The van der Waals surface area contributed by atoms with Crippen LogP contribution in [-0.4, -0.2) is 0 Å². The number of hydrogen-bond acceptors (Lipinski definition) is 1. The maximum Gasteiger partial charge on any atom is 0.0470 e. The van der Waals surface area contributed by atoms with Crippen LogP contribution in [0.5, 0.6) is 0 Å². The lowest BCUT2D eigenvalue weighted by Gasteiger charge is -2.24. The topological polar surface area (TPSA) is 12.0 Å². The second kappa shape index (κ2) is 5.88. The van der Waals surface area contributed by atoms with Crippen molar-refractivity contribution in [3.63, 3.8) is 0 Å². The number of anilines is 1. The molecule has 0 saturated heterocycles. The third-order valence-corrected chi connectivity index (χ3v) is 5.44. The summed E-state index contributed by atoms with van der Waals surface area (Å²) in [5.41, 5.74) is 3.71. The van der Waals surface area contributed by atoms with Crippen molar-refractivity contribution in [2.24, 2.45) is 5.41 Å². The van der Waals surface area contributed by atoms with E-state index in [4.69, 9.17) is 0 Å². The molecule has 1 aliphatic rings. The van der Waals surface area contributed by atoms with Crippen LogP contribution in [-0.2, 0) is 0 Å². The molecule has 0 unspecified atom stereocenters. The smallest absolute Gasteiger partial charge is 0.0470 e. The van der Waals surface area contributed by atoms with E-state index >= 15 is 0 Å². The lowest BCUT2D eigenvalue weighted by molar-refractivity contribution is 0.482. The monoisotopic (exact) mass is 339 g/mol. The maximum atomic E-state index is 4.43. The van der Waals surface area contributed by atoms with Crippen LogP contribution in [0.2, 0.25) is 0 Å². The van der Waals surface area contributed by atoms with Crippen LogP contribution in [0.25, 0.3) is 34.7 Å². The van der Waals surface area contributed by atoms with Gasteiger partial charge in [0.2, 0.25) is 0 Å². The molecule has 0 fully saturated rings. The van der Waals surface area contributed by atoms with Crippen molar-refractivity contribution < 1.29 is 0 Å². The predicted molar refractivity (Wildman–Crippen MR) is 116 cm³/mol. The number of aryl methyl sites for hydroxylation is 1. The van der Waals surface area contributed by atoms with E-state index in [0.717, 1.165) is 28.2 Å². The molecular weight excluding hydrogens is 314 g/mol. The number of hydrogen-bond donors (Lipinski definition) is 1. The molecule has 1 heteroatoms. The van der Waals surface area contributed by atoms with E-state index < -0.39 is 0 Å². The number of benzene rings is 3. The van der Waals surface area contributed by atoms with Crippen LogP contribution in [0, 0.1) is 12.3 Å². The largest absolute Gasteiger partial charge is 0.355 e. The summed E-state index contributed by atoms with van der Waals surface area (Å²) in [5.74, 6) is 0. The van der Waals surface area contributed by atoms with Crippen LogP contribution in [0.3, 0.4) is 0 Å². The summed E-state index contributed by atoms with van der Waals surface area (Å²) < 4.78 is 0. The van der Waals surface area contributed by atoms with Crippen molar-refractivity contribution in [1.82, 2.24) is 0 Å². The van der Waals surface area contributed by atoms with E-state index in [1.54, 1.807) is 0 Å². The Kier molecular flexibility index (Phi) is 3.77. The summed E-state index contributed by atoms with van der Waals surface area (Å²) in [5, 5.41) is 10.5. The van der Waals surface area contributed by atoms with Gasteiger partial charge < -0.3 is 5.32 Å². The SMILES string of the molecule is C=c1c2ccccc2c(=C)c2c(NC3=CCC(C)(C)C=C3)ccc(C)c12. The van der Waals surface area contributed by atoms with Gasteiger partial charge in [0.15, 0.2) is 0 Å². The molecule has 3 aromatic rings. The van der Waals surface area contributed by atoms with Crippen LogP contribution in [0.1, 0.15) is 25.8 Å². The minimum atomic E-state index is 0.231. The summed E-state index contributed by atoms with van der Waals surface area (Å²) in [6, 6.07) is 12.7. The molecule has 1 nitrogen and oxygen atoms in total. The highest BCUT2D eigenvalue weighted by atomic mass is 14.9. The van der Waals surface area contributed by atoms with E-state index in [1.807, 2.05) is 0 Å². The van der Waals surface area contributed by atoms with Gasteiger partial charge in [0.25, 0.3) is 0 Å². The standard InChI is InChI=1S/C25H25N/c1-16-10-11-22(26-19-12-14-25(4,5)15-13-19)24-18(3)21-9-7-6-8-20(21)17(2)23(16)24/h6-14,26H,2-3,15H2,1,4-5H3. The Hall–Kier alpha value is -2.80. The van der Waals surface area contributed by atoms with Crippen molar-refractivity contribution in [3.05, 3.63) is 76.3 Å². The highest BCUT2D eigenvalue weighted by Gasteiger charge is 2.17. The molecule has 0 spiro atoms. The average molecular weight is 339 g/mol. The summed E-state index contributed by atoms with van der Waals surface area (Å²) in [6.07, 6.45) is 7.78. The number of fused-ring (bicyclic) bond motifs is 2. The van der Waals surface area contributed by atoms with Crippen molar-refractivity contribution in [3.8, 4) is 0 Å². The second-order valence-corrected chi connectivity index (χ2v) is 7.99. The molecule has 0 atom stereocenters. The number of rotatable bonds is 2. The average Bonchev–Trinajstić information content (AvgIpc) is 2.62. The van der Waals surface area contributed by atoms with Crippen molar-refractivity contribution in [1.29, 1.82) is 0 Å². The van der Waals surface area contributed by atoms with Crippen LogP contribution >= 0.6 is 0 Å². The molecule has 0 amide bonds. The second-order valence-electron chi connectivity index (χ2n) is 7.99. The van der Waals surface area contributed by atoms with Gasteiger partial charge in [0.1, 0.15) is 0 Å². The molecule has 130 valence electrons. The summed E-state index contributed by atoms with van der Waals surface area (Å²) in [6.45, 7) is 15.5. The molecule has 0 heterocycles. The molecule has 4 rings (SSSR count). The minimum Gasteiger partial charge on any atom is -0.355 e. The van der Waals surface area contributed by atoms with Crippen LogP contribution in [0.4, 0.5) is 5.69 Å². The number of nitrogens with one attached hydrogen (secondary N) is 1. The van der Waals surface area contributed by atoms with E-state index in [1.165, 1.54) is 27.1 Å². The van der Waals surface area contributed by atoms with Gasteiger partial charge in [0.05, 0.1) is 0 Å². The first-order chi connectivity index (χ1) is 12.4. The Morgan fingerprint density at radius 1 is 0.923 bits per heavy atom. The summed E-state index contributed by atoms with van der Waals surface area (Å²) >= 11 is 0. The molecule has 0 radical (unpaired) electrons. The summed E-state index contributed by atoms with van der Waals surface area (Å²) in [4.78, 5) is 0. The summed E-state index contributed by atoms with van der Waals surface area (Å²) in [7, 11) is 0. The predicted octanol–water partition coefficient (Wildman–Crippen LogP) is 5.40. The lowest BCUT2D eigenvalue weighted by atomic mass is 9.85. The highest BCUT2D eigenvalue weighted by molar-refractivity contribution is 6.06. The maximum absolute atomic E-state index is 4.43. The Morgan fingerprint density at radius 2 is 1.58 bits per heavy atom. The zero-order valence-corrected chi connectivity index (χ0v) is 15.8. The Labute approximate surface area is 155 Å². The van der Waals surface area contributed by atoms with Crippen LogP contribution in [0.15, 0.2) is 60.3 Å². The van der Waals surface area contributed by atoms with Gasteiger partial charge in [-0.2, -0.15) is 0 Å². The van der Waals surface area contributed by atoms with Gasteiger partial charge in [-0.3, -0.25) is 0 Å². The Morgan fingerprint density at radius 3 is 2.19 bits per heavy atom. The highest BCUT2D eigenvalue weighted by Crippen LogP contribution is 2.30. The molecule has 26 heavy (non-hydrogen) atoms. The fourth-order valence-electron chi connectivity index (χ4n) is 3.86. The zero-order chi connectivity index (χ0) is 18.5. The lowest BCUT2D eigenvalue weighted by Crippen LogP contribution is -2.16. The first kappa shape index (κ1) is 16.7.